The van der Waals surface area contributed by atoms with Gasteiger partial charge in [-0.2, -0.15) is 0 Å². The van der Waals surface area contributed by atoms with Crippen molar-refractivity contribution in [3.63, 3.8) is 0 Å². The molecule has 19 heavy (non-hydrogen) atoms. The number of amides is 3. The molecule has 7 nitrogen and oxygen atoms in total. The number of carboxylic acids is 1. The van der Waals surface area contributed by atoms with Gasteiger partial charge in [0, 0.05) is 5.54 Å². The van der Waals surface area contributed by atoms with Crippen LogP contribution in [0.1, 0.15) is 33.6 Å². The Balaban J connectivity index is 2.31. The van der Waals surface area contributed by atoms with Gasteiger partial charge in [0.2, 0.25) is 5.91 Å². The summed E-state index contributed by atoms with van der Waals surface area (Å²) in [5.74, 6) is -1.36. The molecule has 0 aromatic rings. The lowest BCUT2D eigenvalue weighted by atomic mass is 10.1. The first-order valence-electron chi connectivity index (χ1n) is 6.27. The monoisotopic (exact) mass is 271 g/mol. The number of carbonyl (C=O) groups is 3. The molecule has 108 valence electrons. The molecule has 0 heterocycles. The van der Waals surface area contributed by atoms with Gasteiger partial charge in [-0.25, -0.2) is 9.59 Å². The molecular weight excluding hydrogens is 250 g/mol. The van der Waals surface area contributed by atoms with Gasteiger partial charge in [0.1, 0.15) is 6.04 Å². The Kier molecular flexibility index (Phi) is 4.74. The second-order valence-electron chi connectivity index (χ2n) is 5.78. The minimum atomic E-state index is -1.04. The molecule has 1 saturated carbocycles. The van der Waals surface area contributed by atoms with Crippen molar-refractivity contribution in [2.24, 2.45) is 5.92 Å². The highest BCUT2D eigenvalue weighted by Gasteiger charge is 2.37. The summed E-state index contributed by atoms with van der Waals surface area (Å²) in [7, 11) is 0. The molecule has 3 amide bonds. The first-order chi connectivity index (χ1) is 8.69. The van der Waals surface area contributed by atoms with Crippen molar-refractivity contribution in [3.8, 4) is 0 Å². The van der Waals surface area contributed by atoms with E-state index in [9.17, 15) is 14.4 Å². The lowest BCUT2D eigenvalue weighted by Gasteiger charge is -2.21. The van der Waals surface area contributed by atoms with Crippen LogP contribution in [0, 0.1) is 5.92 Å². The van der Waals surface area contributed by atoms with Gasteiger partial charge in [0.05, 0.1) is 6.54 Å². The molecule has 0 saturated heterocycles. The smallest absolute Gasteiger partial charge is 0.326 e. The molecule has 1 rings (SSSR count). The molecule has 1 fully saturated rings. The number of urea groups is 1. The third-order valence-corrected chi connectivity index (χ3v) is 2.57. The van der Waals surface area contributed by atoms with E-state index in [1.165, 1.54) is 0 Å². The minimum Gasteiger partial charge on any atom is -0.480 e. The van der Waals surface area contributed by atoms with E-state index in [0.29, 0.717) is 0 Å². The first-order valence-corrected chi connectivity index (χ1v) is 6.27. The quantitative estimate of drug-likeness (QED) is 0.567. The predicted octanol–water partition coefficient (Wildman–Crippen LogP) is 0.0635. The molecule has 0 aliphatic heterocycles. The summed E-state index contributed by atoms with van der Waals surface area (Å²) in [6.07, 6.45) is 1.61. The molecule has 1 atom stereocenters. The Hall–Kier alpha value is -1.79. The van der Waals surface area contributed by atoms with Crippen LogP contribution in [0.25, 0.3) is 0 Å². The summed E-state index contributed by atoms with van der Waals surface area (Å²) in [5, 5.41) is 16.3. The molecular formula is C12H21N3O4. The van der Waals surface area contributed by atoms with Crippen molar-refractivity contribution < 1.29 is 19.5 Å². The Morgan fingerprint density at radius 2 is 1.84 bits per heavy atom. The van der Waals surface area contributed by atoms with Crippen LogP contribution in [0.3, 0.4) is 0 Å². The fraction of sp³-hybridized carbons (Fsp3) is 0.750. The lowest BCUT2D eigenvalue weighted by Crippen LogP contribution is -2.51. The highest BCUT2D eigenvalue weighted by molar-refractivity contribution is 5.87. The zero-order valence-corrected chi connectivity index (χ0v) is 11.4. The SMILES string of the molecule is CC(C)(C)NC(=O)CNC(=O)NC(C(=O)O)C1CC1. The second kappa shape index (κ2) is 5.90. The van der Waals surface area contributed by atoms with E-state index in [2.05, 4.69) is 16.0 Å². The Bertz CT molecular complexity index is 372. The van der Waals surface area contributed by atoms with Crippen LogP contribution in [0.4, 0.5) is 4.79 Å². The lowest BCUT2D eigenvalue weighted by molar-refractivity contribution is -0.139. The van der Waals surface area contributed by atoms with Crippen LogP contribution < -0.4 is 16.0 Å². The topological polar surface area (TPSA) is 108 Å². The zero-order chi connectivity index (χ0) is 14.6. The molecule has 1 unspecified atom stereocenters. The largest absolute Gasteiger partial charge is 0.480 e. The predicted molar refractivity (Wildman–Crippen MR) is 68.6 cm³/mol. The summed E-state index contributed by atoms with van der Waals surface area (Å²) >= 11 is 0. The molecule has 0 radical (unpaired) electrons. The van der Waals surface area contributed by atoms with Crippen molar-refractivity contribution >= 4 is 17.9 Å². The minimum absolute atomic E-state index is 0.00616. The average molecular weight is 271 g/mol. The number of carboxylic acid groups (broad SMARTS) is 1. The number of rotatable bonds is 5. The van der Waals surface area contributed by atoms with Crippen LogP contribution in [0.15, 0.2) is 0 Å². The van der Waals surface area contributed by atoms with Crippen molar-refractivity contribution in [1.29, 1.82) is 0 Å². The van der Waals surface area contributed by atoms with E-state index in [-0.39, 0.29) is 23.9 Å². The Labute approximate surface area is 112 Å². The van der Waals surface area contributed by atoms with Gasteiger partial charge in [-0.15, -0.1) is 0 Å². The van der Waals surface area contributed by atoms with Crippen LogP contribution in [-0.4, -0.2) is 41.1 Å². The second-order valence-corrected chi connectivity index (χ2v) is 5.78. The number of aliphatic carboxylic acids is 1. The van der Waals surface area contributed by atoms with Gasteiger partial charge >= 0.3 is 12.0 Å². The fourth-order valence-electron chi connectivity index (χ4n) is 1.63. The van der Waals surface area contributed by atoms with E-state index >= 15 is 0 Å². The van der Waals surface area contributed by atoms with E-state index in [0.717, 1.165) is 12.8 Å². The third kappa shape index (κ3) is 6.08. The van der Waals surface area contributed by atoms with Crippen LogP contribution >= 0.6 is 0 Å². The maximum atomic E-state index is 11.5. The molecule has 1 aliphatic rings. The first kappa shape index (κ1) is 15.3. The van der Waals surface area contributed by atoms with Gasteiger partial charge < -0.3 is 21.1 Å². The fourth-order valence-corrected chi connectivity index (χ4v) is 1.63. The molecule has 4 N–H and O–H groups in total. The maximum absolute atomic E-state index is 11.5. The number of hydrogen-bond acceptors (Lipinski definition) is 3. The van der Waals surface area contributed by atoms with Gasteiger partial charge in [-0.3, -0.25) is 4.79 Å². The molecule has 7 heteroatoms. The molecule has 0 aromatic heterocycles. The van der Waals surface area contributed by atoms with Gasteiger partial charge in [-0.05, 0) is 39.5 Å². The summed E-state index contributed by atoms with van der Waals surface area (Å²) < 4.78 is 0. The van der Waals surface area contributed by atoms with Gasteiger partial charge in [-0.1, -0.05) is 0 Å². The Morgan fingerprint density at radius 1 is 1.26 bits per heavy atom. The van der Waals surface area contributed by atoms with Crippen LogP contribution in [0.2, 0.25) is 0 Å². The highest BCUT2D eigenvalue weighted by Crippen LogP contribution is 2.32. The van der Waals surface area contributed by atoms with Crippen LogP contribution in [0.5, 0.6) is 0 Å². The molecule has 0 spiro atoms. The number of nitrogens with one attached hydrogen (secondary N) is 3. The molecule has 0 aromatic carbocycles. The summed E-state index contributed by atoms with van der Waals surface area (Å²) in [6.45, 7) is 5.32. The van der Waals surface area contributed by atoms with Crippen molar-refractivity contribution in [2.45, 2.75) is 45.2 Å². The molecule has 1 aliphatic carbocycles. The maximum Gasteiger partial charge on any atom is 0.326 e. The van der Waals surface area contributed by atoms with Gasteiger partial charge in [0.25, 0.3) is 0 Å². The van der Waals surface area contributed by atoms with Gasteiger partial charge in [0.15, 0.2) is 0 Å². The van der Waals surface area contributed by atoms with E-state index in [4.69, 9.17) is 5.11 Å². The molecule has 0 bridgehead atoms. The number of carbonyl (C=O) groups excluding carboxylic acids is 2. The zero-order valence-electron chi connectivity index (χ0n) is 11.4. The van der Waals surface area contributed by atoms with Crippen molar-refractivity contribution in [3.05, 3.63) is 0 Å². The standard InChI is InChI=1S/C12H21N3O4/c1-12(2,3)15-8(16)6-13-11(19)14-9(10(17)18)7-4-5-7/h7,9H,4-6H2,1-3H3,(H,15,16)(H,17,18)(H2,13,14,19). The summed E-state index contributed by atoms with van der Waals surface area (Å²) in [6, 6.07) is -1.51. The van der Waals surface area contributed by atoms with Crippen molar-refractivity contribution in [1.82, 2.24) is 16.0 Å². The Morgan fingerprint density at radius 3 is 2.26 bits per heavy atom. The van der Waals surface area contributed by atoms with E-state index in [1.807, 2.05) is 20.8 Å². The summed E-state index contributed by atoms with van der Waals surface area (Å²) in [5.41, 5.74) is -0.368. The average Bonchev–Trinajstić information content (AvgIpc) is 3.03. The normalized spacial score (nSPS) is 16.4. The number of hydrogen-bond donors (Lipinski definition) is 4. The highest BCUT2D eigenvalue weighted by atomic mass is 16.4. The van der Waals surface area contributed by atoms with Crippen molar-refractivity contribution in [2.75, 3.05) is 6.54 Å². The van der Waals surface area contributed by atoms with E-state index in [1.54, 1.807) is 0 Å². The third-order valence-electron chi connectivity index (χ3n) is 2.57. The van der Waals surface area contributed by atoms with Crippen LogP contribution in [-0.2, 0) is 9.59 Å². The summed E-state index contributed by atoms with van der Waals surface area (Å²) in [4.78, 5) is 33.9. The van der Waals surface area contributed by atoms with E-state index < -0.39 is 18.0 Å².